The van der Waals surface area contributed by atoms with Crippen LogP contribution in [0.15, 0.2) is 24.3 Å². The van der Waals surface area contributed by atoms with Gasteiger partial charge in [0, 0.05) is 25.2 Å². The molecule has 6 nitrogen and oxygen atoms in total. The largest absolute Gasteiger partial charge is 0.373 e. The molecule has 0 spiro atoms. The van der Waals surface area contributed by atoms with E-state index in [1.54, 1.807) is 6.92 Å². The first-order valence-corrected chi connectivity index (χ1v) is 8.26. The number of benzene rings is 1. The van der Waals surface area contributed by atoms with Gasteiger partial charge in [0.1, 0.15) is 6.04 Å². The van der Waals surface area contributed by atoms with Crippen molar-refractivity contribution in [2.45, 2.75) is 19.4 Å². The van der Waals surface area contributed by atoms with Crippen molar-refractivity contribution in [1.29, 1.82) is 0 Å². The van der Waals surface area contributed by atoms with Gasteiger partial charge in [0.15, 0.2) is 0 Å². The number of sulfonamides is 1. The Balaban J connectivity index is 1.80. The van der Waals surface area contributed by atoms with E-state index in [4.69, 9.17) is 0 Å². The van der Waals surface area contributed by atoms with Crippen LogP contribution in [0.2, 0.25) is 0 Å². The smallest absolute Gasteiger partial charge is 0.242 e. The summed E-state index contributed by atoms with van der Waals surface area (Å²) in [6.45, 7) is 2.19. The number of hydrogen-bond acceptors (Lipinski definition) is 4. The average molecular weight is 297 g/mol. The Morgan fingerprint density at radius 1 is 1.40 bits per heavy atom. The number of amides is 1. The van der Waals surface area contributed by atoms with Gasteiger partial charge >= 0.3 is 0 Å². The summed E-state index contributed by atoms with van der Waals surface area (Å²) < 4.78 is 25.3. The molecule has 0 unspecified atom stereocenters. The Bertz CT molecular complexity index is 561. The molecular weight excluding hydrogens is 278 g/mol. The molecule has 0 aromatic heterocycles. The van der Waals surface area contributed by atoms with Gasteiger partial charge < -0.3 is 10.6 Å². The summed E-state index contributed by atoms with van der Waals surface area (Å²) in [4.78, 5) is 12.0. The van der Waals surface area contributed by atoms with Crippen LogP contribution < -0.4 is 15.4 Å². The minimum absolute atomic E-state index is 0.105. The van der Waals surface area contributed by atoms with E-state index in [0.29, 0.717) is 13.0 Å². The van der Waals surface area contributed by atoms with Crippen molar-refractivity contribution in [3.05, 3.63) is 29.8 Å². The third-order valence-corrected chi connectivity index (χ3v) is 4.59. The minimum Gasteiger partial charge on any atom is -0.373 e. The van der Waals surface area contributed by atoms with Gasteiger partial charge in [-0.1, -0.05) is 25.1 Å². The number of carbonyl (C=O) groups excluding carboxylic acids is 1. The van der Waals surface area contributed by atoms with E-state index < -0.39 is 10.0 Å². The van der Waals surface area contributed by atoms with Gasteiger partial charge in [-0.25, -0.2) is 13.1 Å². The van der Waals surface area contributed by atoms with Crippen LogP contribution in [0.5, 0.6) is 0 Å². The molecule has 1 aliphatic rings. The molecule has 1 aliphatic heterocycles. The zero-order valence-electron chi connectivity index (χ0n) is 11.3. The van der Waals surface area contributed by atoms with Gasteiger partial charge in [-0.15, -0.1) is 0 Å². The third kappa shape index (κ3) is 3.71. The molecule has 0 saturated carbocycles. The van der Waals surface area contributed by atoms with Crippen LogP contribution in [0, 0.1) is 0 Å². The number of carbonyl (C=O) groups is 1. The maximum atomic E-state index is 12.0. The van der Waals surface area contributed by atoms with Crippen LogP contribution in [0.4, 0.5) is 5.69 Å². The summed E-state index contributed by atoms with van der Waals surface area (Å²) in [5.74, 6) is -0.278. The molecule has 1 amide bonds. The molecule has 7 heteroatoms. The highest BCUT2D eigenvalue weighted by atomic mass is 32.2. The van der Waals surface area contributed by atoms with E-state index in [0.717, 1.165) is 11.3 Å². The van der Waals surface area contributed by atoms with E-state index in [9.17, 15) is 13.2 Å². The van der Waals surface area contributed by atoms with E-state index in [-0.39, 0.29) is 24.2 Å². The zero-order chi connectivity index (χ0) is 14.6. The lowest BCUT2D eigenvalue weighted by Gasteiger charge is -2.12. The summed E-state index contributed by atoms with van der Waals surface area (Å²) in [6.07, 6.45) is 0.627. The standard InChI is InChI=1S/C13H19N3O3S/c1-2-15-20(18,19)8-7-14-13(17)12-9-10-5-3-4-6-11(10)16-12/h3-6,12,15-16H,2,7-9H2,1H3,(H,14,17)/t12-/m0/s1. The molecule has 0 bridgehead atoms. The summed E-state index contributed by atoms with van der Waals surface area (Å²) in [7, 11) is -3.29. The molecule has 3 N–H and O–H groups in total. The fraction of sp³-hybridized carbons (Fsp3) is 0.462. The fourth-order valence-electron chi connectivity index (χ4n) is 2.18. The second-order valence-electron chi connectivity index (χ2n) is 4.67. The first-order valence-electron chi connectivity index (χ1n) is 6.61. The summed E-state index contributed by atoms with van der Waals surface area (Å²) in [6, 6.07) is 7.43. The van der Waals surface area contributed by atoms with E-state index in [1.165, 1.54) is 0 Å². The predicted molar refractivity (Wildman–Crippen MR) is 78.0 cm³/mol. The highest BCUT2D eigenvalue weighted by molar-refractivity contribution is 7.89. The Labute approximate surface area is 119 Å². The Kier molecular flexibility index (Phi) is 4.61. The molecule has 1 aromatic carbocycles. The van der Waals surface area contributed by atoms with Crippen LogP contribution in [0.1, 0.15) is 12.5 Å². The molecule has 1 aromatic rings. The number of fused-ring (bicyclic) bond motifs is 1. The van der Waals surface area contributed by atoms with Crippen molar-refractivity contribution in [3.63, 3.8) is 0 Å². The summed E-state index contributed by atoms with van der Waals surface area (Å²) >= 11 is 0. The fourth-order valence-corrected chi connectivity index (χ4v) is 3.13. The van der Waals surface area contributed by atoms with E-state index in [2.05, 4.69) is 15.4 Å². The number of anilines is 1. The molecule has 0 fully saturated rings. The third-order valence-electron chi connectivity index (χ3n) is 3.12. The monoisotopic (exact) mass is 297 g/mol. The molecule has 0 aliphatic carbocycles. The molecule has 0 saturated heterocycles. The molecule has 110 valence electrons. The molecule has 1 atom stereocenters. The molecule has 0 radical (unpaired) electrons. The van der Waals surface area contributed by atoms with Gasteiger partial charge in [-0.3, -0.25) is 4.79 Å². The number of hydrogen-bond donors (Lipinski definition) is 3. The Morgan fingerprint density at radius 2 is 2.15 bits per heavy atom. The van der Waals surface area contributed by atoms with Gasteiger partial charge in [0.25, 0.3) is 0 Å². The predicted octanol–water partition coefficient (Wildman–Crippen LogP) is 0.0787. The molecule has 2 rings (SSSR count). The highest BCUT2D eigenvalue weighted by Crippen LogP contribution is 2.24. The summed E-state index contributed by atoms with van der Waals surface area (Å²) in [5.41, 5.74) is 2.07. The number of rotatable bonds is 6. The number of para-hydroxylation sites is 1. The van der Waals surface area contributed by atoms with Crippen LogP contribution in [0.25, 0.3) is 0 Å². The lowest BCUT2D eigenvalue weighted by atomic mass is 10.1. The SMILES string of the molecule is CCNS(=O)(=O)CCNC(=O)[C@@H]1Cc2ccccc2N1. The van der Waals surface area contributed by atoms with Crippen LogP contribution in [0.3, 0.4) is 0 Å². The van der Waals surface area contributed by atoms with Crippen molar-refractivity contribution >= 4 is 21.6 Å². The maximum Gasteiger partial charge on any atom is 0.242 e. The van der Waals surface area contributed by atoms with Crippen molar-refractivity contribution in [1.82, 2.24) is 10.0 Å². The van der Waals surface area contributed by atoms with Crippen molar-refractivity contribution in [2.75, 3.05) is 24.2 Å². The average Bonchev–Trinajstić information content (AvgIpc) is 2.82. The lowest BCUT2D eigenvalue weighted by molar-refractivity contribution is -0.121. The maximum absolute atomic E-state index is 12.0. The van der Waals surface area contributed by atoms with Crippen molar-refractivity contribution in [2.24, 2.45) is 0 Å². The van der Waals surface area contributed by atoms with E-state index in [1.807, 2.05) is 24.3 Å². The topological polar surface area (TPSA) is 87.3 Å². The van der Waals surface area contributed by atoms with Crippen molar-refractivity contribution in [3.8, 4) is 0 Å². The first kappa shape index (κ1) is 14.8. The quantitative estimate of drug-likeness (QED) is 0.694. The second-order valence-corrected chi connectivity index (χ2v) is 6.59. The molecule has 20 heavy (non-hydrogen) atoms. The van der Waals surface area contributed by atoms with Crippen LogP contribution >= 0.6 is 0 Å². The van der Waals surface area contributed by atoms with Gasteiger partial charge in [-0.05, 0) is 11.6 Å². The number of nitrogens with one attached hydrogen (secondary N) is 3. The minimum atomic E-state index is -3.29. The highest BCUT2D eigenvalue weighted by Gasteiger charge is 2.26. The Morgan fingerprint density at radius 3 is 2.85 bits per heavy atom. The van der Waals surface area contributed by atoms with E-state index >= 15 is 0 Å². The zero-order valence-corrected chi connectivity index (χ0v) is 12.2. The van der Waals surface area contributed by atoms with Crippen molar-refractivity contribution < 1.29 is 13.2 Å². The Hall–Kier alpha value is -1.60. The van der Waals surface area contributed by atoms with Gasteiger partial charge in [-0.2, -0.15) is 0 Å². The first-order chi connectivity index (χ1) is 9.52. The molecule has 1 heterocycles. The summed E-state index contributed by atoms with van der Waals surface area (Å²) in [5, 5.41) is 5.78. The van der Waals surface area contributed by atoms with Crippen LogP contribution in [-0.2, 0) is 21.2 Å². The normalized spacial score (nSPS) is 17.4. The lowest BCUT2D eigenvalue weighted by Crippen LogP contribution is -2.41. The molecular formula is C13H19N3O3S. The van der Waals surface area contributed by atoms with Gasteiger partial charge in [0.05, 0.1) is 5.75 Å². The second kappa shape index (κ2) is 6.23. The van der Waals surface area contributed by atoms with Crippen LogP contribution in [-0.4, -0.2) is 39.2 Å². The van der Waals surface area contributed by atoms with Gasteiger partial charge in [0.2, 0.25) is 15.9 Å².